The molecule has 2 atom stereocenters. The zero-order valence-corrected chi connectivity index (χ0v) is 15.8. The van der Waals surface area contributed by atoms with E-state index in [2.05, 4.69) is 0 Å². The highest BCUT2D eigenvalue weighted by molar-refractivity contribution is 6.24. The lowest BCUT2D eigenvalue weighted by Gasteiger charge is -2.28. The normalized spacial score (nSPS) is 24.2. The molecule has 0 aliphatic heterocycles. The molecule has 0 saturated heterocycles. The fourth-order valence-corrected chi connectivity index (χ4v) is 2.97. The molecule has 5 heteroatoms. The number of Topliss-reactive ketones (excluding diaryl/α,β-unsaturated/α-hetero) is 2. The number of aliphatic hydroxyl groups excluding tert-OH is 2. The van der Waals surface area contributed by atoms with Gasteiger partial charge in [-0.25, -0.2) is 0 Å². The van der Waals surface area contributed by atoms with Crippen LogP contribution in [0.4, 0.5) is 0 Å². The number of rotatable bonds is 8. The predicted molar refractivity (Wildman–Crippen MR) is 97.1 cm³/mol. The summed E-state index contributed by atoms with van der Waals surface area (Å²) < 4.78 is 0. The van der Waals surface area contributed by atoms with E-state index in [4.69, 9.17) is 5.11 Å². The lowest BCUT2D eigenvalue weighted by Crippen LogP contribution is -2.38. The van der Waals surface area contributed by atoms with Crippen molar-refractivity contribution in [3.8, 4) is 0 Å². The van der Waals surface area contributed by atoms with Crippen LogP contribution in [0.15, 0.2) is 34.6 Å². The third-order valence-electron chi connectivity index (χ3n) is 4.59. The van der Waals surface area contributed by atoms with Gasteiger partial charge < -0.3 is 15.3 Å². The van der Waals surface area contributed by atoms with Crippen LogP contribution in [0.25, 0.3) is 0 Å². The Balaban J connectivity index is 3.25. The smallest absolute Gasteiger partial charge is 0.176 e. The van der Waals surface area contributed by atoms with Gasteiger partial charge in [0.25, 0.3) is 0 Å². The van der Waals surface area contributed by atoms with Crippen LogP contribution in [-0.4, -0.2) is 39.1 Å². The van der Waals surface area contributed by atoms with Gasteiger partial charge in [-0.2, -0.15) is 0 Å². The van der Waals surface area contributed by atoms with E-state index in [0.717, 1.165) is 11.1 Å². The van der Waals surface area contributed by atoms with Crippen molar-refractivity contribution in [2.75, 3.05) is 6.61 Å². The Morgan fingerprint density at radius 1 is 1.24 bits per heavy atom. The number of allylic oxidation sites excluding steroid dienone is 4. The summed E-state index contributed by atoms with van der Waals surface area (Å²) >= 11 is 0. The number of hydrogen-bond acceptors (Lipinski definition) is 5. The van der Waals surface area contributed by atoms with Gasteiger partial charge in [0.15, 0.2) is 11.6 Å². The molecule has 0 aromatic carbocycles. The summed E-state index contributed by atoms with van der Waals surface area (Å²) in [6.07, 6.45) is 4.35. The number of carbonyl (C=O) groups is 2. The second-order valence-electron chi connectivity index (χ2n) is 7.35. The van der Waals surface area contributed by atoms with E-state index in [-0.39, 0.29) is 25.0 Å². The van der Waals surface area contributed by atoms with Crippen LogP contribution < -0.4 is 0 Å². The lowest BCUT2D eigenvalue weighted by atomic mass is 9.82. The van der Waals surface area contributed by atoms with Crippen LogP contribution in [0, 0.1) is 11.8 Å². The van der Waals surface area contributed by atoms with Gasteiger partial charge in [-0.15, -0.1) is 0 Å². The summed E-state index contributed by atoms with van der Waals surface area (Å²) in [6.45, 7) is 8.77. The van der Waals surface area contributed by atoms with Crippen molar-refractivity contribution in [2.24, 2.45) is 11.8 Å². The topological polar surface area (TPSA) is 94.8 Å². The van der Waals surface area contributed by atoms with E-state index >= 15 is 0 Å². The molecular formula is C20H30O5. The minimum absolute atomic E-state index is 0.0859. The summed E-state index contributed by atoms with van der Waals surface area (Å²) in [5.41, 5.74) is -0.271. The summed E-state index contributed by atoms with van der Waals surface area (Å²) in [6, 6.07) is 0. The first-order valence-electron chi connectivity index (χ1n) is 8.70. The van der Waals surface area contributed by atoms with Crippen molar-refractivity contribution >= 4 is 11.6 Å². The molecule has 1 rings (SSSR count). The van der Waals surface area contributed by atoms with Crippen molar-refractivity contribution < 1.29 is 24.9 Å². The summed E-state index contributed by atoms with van der Waals surface area (Å²) in [5.74, 6) is -2.74. The van der Waals surface area contributed by atoms with Crippen LogP contribution in [0.5, 0.6) is 0 Å². The van der Waals surface area contributed by atoms with Gasteiger partial charge in [0.1, 0.15) is 16.9 Å². The maximum absolute atomic E-state index is 12.8. The van der Waals surface area contributed by atoms with Gasteiger partial charge >= 0.3 is 0 Å². The van der Waals surface area contributed by atoms with Crippen molar-refractivity contribution in [1.29, 1.82) is 0 Å². The molecule has 1 aliphatic carbocycles. The van der Waals surface area contributed by atoms with Crippen LogP contribution >= 0.6 is 0 Å². The quantitative estimate of drug-likeness (QED) is 0.462. The second kappa shape index (κ2) is 8.59. The summed E-state index contributed by atoms with van der Waals surface area (Å²) in [7, 11) is 0. The van der Waals surface area contributed by atoms with Crippen LogP contribution in [0.1, 0.15) is 53.9 Å². The standard InChI is InChI=1S/C20H30O5/c1-12(2)8-9-15-18(23)16(17(22)13(3)4)19(24)20(15,25)10-6-7-14(5)11-21/h7-8,13,15,21,24-25H,6,9-11H2,1-5H3/t15-,20+/m0/s1. The molecule has 1 aliphatic rings. The summed E-state index contributed by atoms with van der Waals surface area (Å²) in [5, 5.41) is 30.7. The molecule has 140 valence electrons. The van der Waals surface area contributed by atoms with Gasteiger partial charge in [0.05, 0.1) is 12.5 Å². The van der Waals surface area contributed by atoms with Gasteiger partial charge in [0, 0.05) is 5.92 Å². The Bertz CT molecular complexity index is 620. The maximum atomic E-state index is 12.8. The number of hydrogen-bond donors (Lipinski definition) is 3. The Kier molecular flexibility index (Phi) is 7.32. The Labute approximate surface area is 149 Å². The van der Waals surface area contributed by atoms with Gasteiger partial charge in [0.2, 0.25) is 0 Å². The van der Waals surface area contributed by atoms with Gasteiger partial charge in [-0.3, -0.25) is 9.59 Å². The fraction of sp³-hybridized carbons (Fsp3) is 0.600. The molecule has 0 bridgehead atoms. The molecule has 0 saturated carbocycles. The molecule has 5 nitrogen and oxygen atoms in total. The highest BCUT2D eigenvalue weighted by atomic mass is 16.3. The van der Waals surface area contributed by atoms with Crippen LogP contribution in [0.2, 0.25) is 0 Å². The van der Waals surface area contributed by atoms with E-state index in [9.17, 15) is 19.8 Å². The lowest BCUT2D eigenvalue weighted by molar-refractivity contribution is -0.127. The molecule has 0 heterocycles. The molecule has 0 unspecified atom stereocenters. The van der Waals surface area contributed by atoms with Crippen molar-refractivity contribution in [1.82, 2.24) is 0 Å². The van der Waals surface area contributed by atoms with E-state index in [1.807, 2.05) is 19.9 Å². The molecule has 0 radical (unpaired) electrons. The second-order valence-corrected chi connectivity index (χ2v) is 7.35. The van der Waals surface area contributed by atoms with E-state index in [0.29, 0.717) is 6.42 Å². The zero-order valence-electron chi connectivity index (χ0n) is 15.8. The van der Waals surface area contributed by atoms with Gasteiger partial charge in [-0.05, 0) is 40.0 Å². The predicted octanol–water partition coefficient (Wildman–Crippen LogP) is 3.03. The Morgan fingerprint density at radius 3 is 2.32 bits per heavy atom. The highest BCUT2D eigenvalue weighted by Gasteiger charge is 2.54. The minimum atomic E-state index is -1.75. The Hall–Kier alpha value is -1.72. The first kappa shape index (κ1) is 21.3. The molecule has 3 N–H and O–H groups in total. The van der Waals surface area contributed by atoms with E-state index in [1.54, 1.807) is 26.8 Å². The average molecular weight is 350 g/mol. The maximum Gasteiger partial charge on any atom is 0.176 e. The zero-order chi connectivity index (χ0) is 19.4. The van der Waals surface area contributed by atoms with Crippen LogP contribution in [-0.2, 0) is 9.59 Å². The molecule has 0 spiro atoms. The number of carbonyl (C=O) groups excluding carboxylic acids is 2. The molecule has 0 fully saturated rings. The van der Waals surface area contributed by atoms with E-state index < -0.39 is 34.8 Å². The largest absolute Gasteiger partial charge is 0.508 e. The van der Waals surface area contributed by atoms with Gasteiger partial charge in [-0.1, -0.05) is 37.1 Å². The molecule has 0 amide bonds. The first-order valence-corrected chi connectivity index (χ1v) is 8.70. The summed E-state index contributed by atoms with van der Waals surface area (Å²) in [4.78, 5) is 25.1. The molecule has 0 aromatic heterocycles. The molecule has 0 aromatic rings. The molecular weight excluding hydrogens is 320 g/mol. The van der Waals surface area contributed by atoms with Crippen LogP contribution in [0.3, 0.4) is 0 Å². The minimum Gasteiger partial charge on any atom is -0.508 e. The number of aliphatic hydroxyl groups is 3. The van der Waals surface area contributed by atoms with Crippen molar-refractivity contribution in [3.05, 3.63) is 34.6 Å². The van der Waals surface area contributed by atoms with E-state index in [1.165, 1.54) is 0 Å². The average Bonchev–Trinajstić information content (AvgIpc) is 2.71. The third-order valence-corrected chi connectivity index (χ3v) is 4.59. The van der Waals surface area contributed by atoms with Crippen molar-refractivity contribution in [2.45, 2.75) is 59.5 Å². The first-order chi connectivity index (χ1) is 11.6. The highest BCUT2D eigenvalue weighted by Crippen LogP contribution is 2.43. The Morgan fingerprint density at radius 2 is 1.84 bits per heavy atom. The monoisotopic (exact) mass is 350 g/mol. The SMILES string of the molecule is CC(C)=CC[C@H]1C(=O)C(C(=O)C(C)C)=C(O)[C@@]1(O)CCC=C(C)CO. The fourth-order valence-electron chi connectivity index (χ4n) is 2.97. The number of ketones is 2. The van der Waals surface area contributed by atoms with Crippen molar-refractivity contribution in [3.63, 3.8) is 0 Å². The third kappa shape index (κ3) is 4.67. The molecule has 25 heavy (non-hydrogen) atoms.